The number of likely N-dealkylation sites (tertiary alicyclic amines) is 1. The highest BCUT2D eigenvalue weighted by Crippen LogP contribution is 2.25. The maximum atomic E-state index is 5.93. The van der Waals surface area contributed by atoms with Gasteiger partial charge >= 0.3 is 0 Å². The van der Waals surface area contributed by atoms with E-state index in [4.69, 9.17) is 11.6 Å². The second-order valence-electron chi connectivity index (χ2n) is 5.66. The molecule has 0 unspecified atom stereocenters. The number of halogens is 2. The molecule has 0 spiro atoms. The molecule has 0 aliphatic carbocycles. The molecule has 1 saturated heterocycles. The van der Waals surface area contributed by atoms with Crippen molar-refractivity contribution in [3.63, 3.8) is 0 Å². The highest BCUT2D eigenvalue weighted by molar-refractivity contribution is 9.10. The summed E-state index contributed by atoms with van der Waals surface area (Å²) in [5, 5.41) is 4.17. The first kappa shape index (κ1) is 15.8. The lowest BCUT2D eigenvalue weighted by atomic mass is 10.0. The van der Waals surface area contributed by atoms with E-state index >= 15 is 0 Å². The average molecular weight is 381 g/mol. The van der Waals surface area contributed by atoms with Crippen LogP contribution in [0.25, 0.3) is 0 Å². The van der Waals surface area contributed by atoms with Crippen molar-refractivity contribution in [1.82, 2.24) is 9.88 Å². The molecule has 5 heteroatoms. The number of rotatable bonds is 4. The minimum atomic E-state index is 0.469. The number of hydrogen-bond acceptors (Lipinski definition) is 3. The van der Waals surface area contributed by atoms with Gasteiger partial charge in [-0.05, 0) is 40.4 Å². The molecule has 2 aromatic rings. The lowest BCUT2D eigenvalue weighted by molar-refractivity contribution is 0.211. The number of piperidine rings is 1. The molecule has 0 atom stereocenters. The monoisotopic (exact) mass is 379 g/mol. The van der Waals surface area contributed by atoms with Gasteiger partial charge in [-0.15, -0.1) is 0 Å². The standard InChI is InChI=1S/C17H19BrClN3/c18-16-10-14(19)11-20-17(16)21-15-6-8-22(9-7-15)12-13-4-2-1-3-5-13/h1-5,10-11,15H,6-9,12H2,(H,20,21). The van der Waals surface area contributed by atoms with Gasteiger partial charge in [0.05, 0.1) is 9.50 Å². The van der Waals surface area contributed by atoms with Crippen molar-refractivity contribution in [1.29, 1.82) is 0 Å². The van der Waals surface area contributed by atoms with Crippen LogP contribution in [-0.2, 0) is 6.54 Å². The van der Waals surface area contributed by atoms with Crippen molar-refractivity contribution in [3.8, 4) is 0 Å². The largest absolute Gasteiger partial charge is 0.366 e. The lowest BCUT2D eigenvalue weighted by Gasteiger charge is -2.32. The third-order valence-corrected chi connectivity index (χ3v) is 4.80. The van der Waals surface area contributed by atoms with Gasteiger partial charge in [-0.2, -0.15) is 0 Å². The zero-order valence-corrected chi connectivity index (χ0v) is 14.6. The number of nitrogens with zero attached hydrogens (tertiary/aromatic N) is 2. The Morgan fingerprint density at radius 3 is 2.64 bits per heavy atom. The smallest absolute Gasteiger partial charge is 0.140 e. The Balaban J connectivity index is 1.51. The number of aromatic nitrogens is 1. The van der Waals surface area contributed by atoms with Gasteiger partial charge in [0.2, 0.25) is 0 Å². The van der Waals surface area contributed by atoms with Gasteiger partial charge in [-0.3, -0.25) is 4.90 Å². The zero-order chi connectivity index (χ0) is 15.4. The molecule has 1 aromatic carbocycles. The first-order valence-corrected chi connectivity index (χ1v) is 8.71. The van der Waals surface area contributed by atoms with Crippen molar-refractivity contribution >= 4 is 33.3 Å². The molecule has 1 fully saturated rings. The molecule has 2 heterocycles. The van der Waals surface area contributed by atoms with Gasteiger partial charge < -0.3 is 5.32 Å². The van der Waals surface area contributed by atoms with Gasteiger partial charge in [0.15, 0.2) is 0 Å². The lowest BCUT2D eigenvalue weighted by Crippen LogP contribution is -2.38. The summed E-state index contributed by atoms with van der Waals surface area (Å²) < 4.78 is 0.923. The average Bonchev–Trinajstić information content (AvgIpc) is 2.53. The first-order valence-electron chi connectivity index (χ1n) is 7.54. The van der Waals surface area contributed by atoms with Crippen molar-refractivity contribution in [2.45, 2.75) is 25.4 Å². The minimum Gasteiger partial charge on any atom is -0.366 e. The number of nitrogens with one attached hydrogen (secondary N) is 1. The van der Waals surface area contributed by atoms with Crippen LogP contribution in [0.3, 0.4) is 0 Å². The fourth-order valence-electron chi connectivity index (χ4n) is 2.79. The van der Waals surface area contributed by atoms with E-state index in [1.54, 1.807) is 6.20 Å². The van der Waals surface area contributed by atoms with Crippen LogP contribution in [0.2, 0.25) is 5.02 Å². The SMILES string of the molecule is Clc1cnc(NC2CCN(Cc3ccccc3)CC2)c(Br)c1. The second kappa shape index (κ2) is 7.44. The van der Waals surface area contributed by atoms with Crippen molar-refractivity contribution in [3.05, 3.63) is 57.7 Å². The van der Waals surface area contributed by atoms with Crippen LogP contribution in [0.1, 0.15) is 18.4 Å². The van der Waals surface area contributed by atoms with Gasteiger partial charge in [-0.1, -0.05) is 41.9 Å². The molecule has 0 bridgehead atoms. The second-order valence-corrected chi connectivity index (χ2v) is 6.96. The Morgan fingerprint density at radius 1 is 1.23 bits per heavy atom. The zero-order valence-electron chi connectivity index (χ0n) is 12.3. The maximum absolute atomic E-state index is 5.93. The Morgan fingerprint density at radius 2 is 1.95 bits per heavy atom. The maximum Gasteiger partial charge on any atom is 0.140 e. The summed E-state index contributed by atoms with van der Waals surface area (Å²) in [4.78, 5) is 6.87. The molecule has 1 N–H and O–H groups in total. The van der Waals surface area contributed by atoms with Crippen LogP contribution in [0.15, 0.2) is 47.1 Å². The summed E-state index contributed by atoms with van der Waals surface area (Å²) in [7, 11) is 0. The molecule has 22 heavy (non-hydrogen) atoms. The van der Waals surface area contributed by atoms with E-state index in [1.807, 2.05) is 6.07 Å². The molecule has 1 aromatic heterocycles. The molecule has 3 nitrogen and oxygen atoms in total. The molecular weight excluding hydrogens is 362 g/mol. The highest BCUT2D eigenvalue weighted by atomic mass is 79.9. The van der Waals surface area contributed by atoms with E-state index in [9.17, 15) is 0 Å². The predicted molar refractivity (Wildman–Crippen MR) is 95.3 cm³/mol. The van der Waals surface area contributed by atoms with E-state index in [2.05, 4.69) is 61.5 Å². The molecule has 0 radical (unpaired) electrons. The number of pyridine rings is 1. The third-order valence-electron chi connectivity index (χ3n) is 3.99. The van der Waals surface area contributed by atoms with E-state index in [-0.39, 0.29) is 0 Å². The Hall–Kier alpha value is -1.10. The summed E-state index contributed by atoms with van der Waals surface area (Å²) in [5.74, 6) is 0.880. The summed E-state index contributed by atoms with van der Waals surface area (Å²) >= 11 is 9.44. The highest BCUT2D eigenvalue weighted by Gasteiger charge is 2.20. The minimum absolute atomic E-state index is 0.469. The fourth-order valence-corrected chi connectivity index (χ4v) is 3.54. The Bertz CT molecular complexity index is 613. The van der Waals surface area contributed by atoms with Crippen LogP contribution < -0.4 is 5.32 Å². The van der Waals surface area contributed by atoms with Crippen molar-refractivity contribution in [2.24, 2.45) is 0 Å². The van der Waals surface area contributed by atoms with Crippen molar-refractivity contribution in [2.75, 3.05) is 18.4 Å². The van der Waals surface area contributed by atoms with Gasteiger partial charge in [0.25, 0.3) is 0 Å². The van der Waals surface area contributed by atoms with Crippen molar-refractivity contribution < 1.29 is 0 Å². The number of benzene rings is 1. The quantitative estimate of drug-likeness (QED) is 0.842. The van der Waals surface area contributed by atoms with E-state index in [1.165, 1.54) is 5.56 Å². The predicted octanol–water partition coefficient (Wildman–Crippen LogP) is 4.57. The summed E-state index contributed by atoms with van der Waals surface area (Å²) in [6.45, 7) is 3.26. The molecular formula is C17H19BrClN3. The normalized spacial score (nSPS) is 16.6. The topological polar surface area (TPSA) is 28.2 Å². The summed E-state index contributed by atoms with van der Waals surface area (Å²) in [6, 6.07) is 13.0. The van der Waals surface area contributed by atoms with Crippen LogP contribution in [0.5, 0.6) is 0 Å². The van der Waals surface area contributed by atoms with Crippen LogP contribution >= 0.6 is 27.5 Å². The molecule has 116 valence electrons. The van der Waals surface area contributed by atoms with Crippen LogP contribution in [0, 0.1) is 0 Å². The Labute approximate surface area is 144 Å². The van der Waals surface area contributed by atoms with Crippen LogP contribution in [0.4, 0.5) is 5.82 Å². The van der Waals surface area contributed by atoms with E-state index < -0.39 is 0 Å². The van der Waals surface area contributed by atoms with Gasteiger partial charge in [0.1, 0.15) is 5.82 Å². The molecule has 0 saturated carbocycles. The summed E-state index contributed by atoms with van der Waals surface area (Å²) in [5.41, 5.74) is 1.39. The van der Waals surface area contributed by atoms with Crippen LogP contribution in [-0.4, -0.2) is 29.0 Å². The molecule has 1 aliphatic rings. The van der Waals surface area contributed by atoms with E-state index in [0.29, 0.717) is 11.1 Å². The molecule has 0 amide bonds. The fraction of sp³-hybridized carbons (Fsp3) is 0.353. The third kappa shape index (κ3) is 4.22. The van der Waals surface area contributed by atoms with Gasteiger partial charge in [-0.25, -0.2) is 4.98 Å². The van der Waals surface area contributed by atoms with Gasteiger partial charge in [0, 0.05) is 31.9 Å². The molecule has 3 rings (SSSR count). The number of hydrogen-bond donors (Lipinski definition) is 1. The molecule has 1 aliphatic heterocycles. The van der Waals surface area contributed by atoms with E-state index in [0.717, 1.165) is 42.8 Å². The Kier molecular flexibility index (Phi) is 5.34. The number of anilines is 1. The first-order chi connectivity index (χ1) is 10.7. The summed E-state index contributed by atoms with van der Waals surface area (Å²) in [6.07, 6.45) is 3.94.